The zero-order chi connectivity index (χ0) is 9.90. The van der Waals surface area contributed by atoms with Crippen molar-refractivity contribution in [3.05, 3.63) is 35.4 Å². The second-order valence-electron chi connectivity index (χ2n) is 2.50. The number of rotatable bonds is 3. The lowest BCUT2D eigenvalue weighted by molar-refractivity contribution is 0.112. The maximum Gasteiger partial charge on any atom is 0.306 e. The highest BCUT2D eigenvalue weighted by molar-refractivity contribution is 7.85. The number of hydrogen-bond donors (Lipinski definition) is 0. The molecule has 13 heavy (non-hydrogen) atoms. The molecule has 0 saturated heterocycles. The van der Waals surface area contributed by atoms with E-state index in [1.54, 1.807) is 12.1 Å². The van der Waals surface area contributed by atoms with Crippen LogP contribution >= 0.6 is 0 Å². The topological polar surface area (TPSA) is 51.2 Å². The Morgan fingerprint density at radius 3 is 2.46 bits per heavy atom. The minimum absolute atomic E-state index is 0.181. The number of aldehydes is 1. The van der Waals surface area contributed by atoms with Crippen LogP contribution in [0.2, 0.25) is 0 Å². The molecule has 0 N–H and O–H groups in total. The van der Waals surface area contributed by atoms with Crippen LogP contribution in [0.15, 0.2) is 24.3 Å². The molecule has 0 aliphatic heterocycles. The predicted molar refractivity (Wildman–Crippen MR) is 45.6 cm³/mol. The van der Waals surface area contributed by atoms with Crippen LogP contribution in [0.5, 0.6) is 0 Å². The van der Waals surface area contributed by atoms with Crippen molar-refractivity contribution in [3.63, 3.8) is 0 Å². The first-order chi connectivity index (χ1) is 6.03. The molecule has 5 heteroatoms. The van der Waals surface area contributed by atoms with Crippen molar-refractivity contribution in [2.75, 3.05) is 0 Å². The molecule has 0 aliphatic carbocycles. The third-order valence-electron chi connectivity index (χ3n) is 1.51. The van der Waals surface area contributed by atoms with Crippen molar-refractivity contribution < 1.29 is 17.1 Å². The van der Waals surface area contributed by atoms with Crippen molar-refractivity contribution in [2.45, 2.75) is 5.75 Å². The van der Waals surface area contributed by atoms with E-state index in [-0.39, 0.29) is 11.1 Å². The minimum atomic E-state index is -4.57. The summed E-state index contributed by atoms with van der Waals surface area (Å²) in [4.78, 5) is 10.4. The van der Waals surface area contributed by atoms with E-state index < -0.39 is 16.0 Å². The largest absolute Gasteiger partial charge is 0.306 e. The smallest absolute Gasteiger partial charge is 0.298 e. The SMILES string of the molecule is O=Cc1ccccc1CS(=O)(=O)F. The fourth-order valence-corrected chi connectivity index (χ4v) is 1.60. The van der Waals surface area contributed by atoms with Crippen LogP contribution in [0.1, 0.15) is 15.9 Å². The van der Waals surface area contributed by atoms with E-state index in [1.807, 2.05) is 0 Å². The van der Waals surface area contributed by atoms with Crippen LogP contribution in [0.3, 0.4) is 0 Å². The van der Waals surface area contributed by atoms with Gasteiger partial charge in [0.15, 0.2) is 0 Å². The van der Waals surface area contributed by atoms with Gasteiger partial charge in [-0.05, 0) is 5.56 Å². The Morgan fingerprint density at radius 2 is 1.92 bits per heavy atom. The van der Waals surface area contributed by atoms with Crippen LogP contribution in [-0.4, -0.2) is 14.7 Å². The Kier molecular flexibility index (Phi) is 2.77. The number of hydrogen-bond acceptors (Lipinski definition) is 3. The number of carbonyl (C=O) groups excluding carboxylic acids is 1. The quantitative estimate of drug-likeness (QED) is 0.548. The minimum Gasteiger partial charge on any atom is -0.298 e. The van der Waals surface area contributed by atoms with Crippen molar-refractivity contribution >= 4 is 16.5 Å². The van der Waals surface area contributed by atoms with Gasteiger partial charge >= 0.3 is 10.2 Å². The van der Waals surface area contributed by atoms with Crippen LogP contribution in [0.25, 0.3) is 0 Å². The lowest BCUT2D eigenvalue weighted by Crippen LogP contribution is -1.99. The molecule has 1 aromatic rings. The Hall–Kier alpha value is -1.23. The normalized spacial score (nSPS) is 11.2. The van der Waals surface area contributed by atoms with Gasteiger partial charge in [-0.15, -0.1) is 3.89 Å². The van der Waals surface area contributed by atoms with Crippen molar-refractivity contribution in [1.29, 1.82) is 0 Å². The predicted octanol–water partition coefficient (Wildman–Crippen LogP) is 1.30. The molecule has 70 valence electrons. The maximum atomic E-state index is 12.2. The average Bonchev–Trinajstić information content (AvgIpc) is 2.02. The van der Waals surface area contributed by atoms with Crippen LogP contribution in [0.4, 0.5) is 3.89 Å². The summed E-state index contributed by atoms with van der Waals surface area (Å²) in [5.41, 5.74) is 0.378. The molecule has 0 aliphatic rings. The van der Waals surface area contributed by atoms with E-state index >= 15 is 0 Å². The number of halogens is 1. The Morgan fingerprint density at radius 1 is 1.31 bits per heavy atom. The Labute approximate surface area is 75.4 Å². The van der Waals surface area contributed by atoms with Gasteiger partial charge in [0.2, 0.25) is 0 Å². The van der Waals surface area contributed by atoms with E-state index in [9.17, 15) is 17.1 Å². The summed E-state index contributed by atoms with van der Waals surface area (Å²) in [6, 6.07) is 5.97. The van der Waals surface area contributed by atoms with E-state index in [2.05, 4.69) is 0 Å². The highest BCUT2D eigenvalue weighted by Crippen LogP contribution is 2.11. The summed E-state index contributed by atoms with van der Waals surface area (Å²) in [6.45, 7) is 0. The van der Waals surface area contributed by atoms with E-state index in [0.29, 0.717) is 6.29 Å². The van der Waals surface area contributed by atoms with Crippen LogP contribution in [-0.2, 0) is 16.0 Å². The maximum absolute atomic E-state index is 12.2. The molecular formula is C8H7FO3S. The van der Waals surface area contributed by atoms with E-state index in [0.717, 1.165) is 0 Å². The van der Waals surface area contributed by atoms with E-state index in [1.165, 1.54) is 12.1 Å². The highest BCUT2D eigenvalue weighted by Gasteiger charge is 2.11. The molecule has 0 spiro atoms. The van der Waals surface area contributed by atoms with Gasteiger partial charge in [-0.1, -0.05) is 24.3 Å². The fraction of sp³-hybridized carbons (Fsp3) is 0.125. The second-order valence-corrected chi connectivity index (χ2v) is 3.87. The molecule has 0 unspecified atom stereocenters. The van der Waals surface area contributed by atoms with Gasteiger partial charge in [0.25, 0.3) is 0 Å². The van der Waals surface area contributed by atoms with Crippen LogP contribution in [0, 0.1) is 0 Å². The first kappa shape index (κ1) is 9.85. The molecule has 0 atom stereocenters. The zero-order valence-corrected chi connectivity index (χ0v) is 7.42. The molecule has 0 saturated carbocycles. The first-order valence-electron chi connectivity index (χ1n) is 3.48. The van der Waals surface area contributed by atoms with Gasteiger partial charge < -0.3 is 0 Å². The third kappa shape index (κ3) is 2.95. The Balaban J connectivity index is 3.08. The second kappa shape index (κ2) is 3.66. The first-order valence-corrected chi connectivity index (χ1v) is 5.03. The van der Waals surface area contributed by atoms with Crippen molar-refractivity contribution in [2.24, 2.45) is 0 Å². The Bertz CT molecular complexity index is 411. The lowest BCUT2D eigenvalue weighted by atomic mass is 10.1. The lowest BCUT2D eigenvalue weighted by Gasteiger charge is -1.99. The average molecular weight is 202 g/mol. The molecule has 3 nitrogen and oxygen atoms in total. The summed E-state index contributed by atoms with van der Waals surface area (Å²) in [5.74, 6) is -0.748. The number of carbonyl (C=O) groups is 1. The van der Waals surface area contributed by atoms with Gasteiger partial charge in [0.1, 0.15) is 12.0 Å². The van der Waals surface area contributed by atoms with Crippen molar-refractivity contribution in [1.82, 2.24) is 0 Å². The monoisotopic (exact) mass is 202 g/mol. The zero-order valence-electron chi connectivity index (χ0n) is 6.60. The van der Waals surface area contributed by atoms with Gasteiger partial charge in [0, 0.05) is 5.56 Å². The molecule has 1 aromatic carbocycles. The summed E-state index contributed by atoms with van der Waals surface area (Å²) < 4.78 is 32.8. The fourth-order valence-electron chi connectivity index (χ4n) is 0.966. The third-order valence-corrected chi connectivity index (χ3v) is 2.17. The van der Waals surface area contributed by atoms with Gasteiger partial charge in [-0.3, -0.25) is 4.79 Å². The summed E-state index contributed by atoms with van der Waals surface area (Å²) in [6.07, 6.45) is 0.501. The summed E-state index contributed by atoms with van der Waals surface area (Å²) in [5, 5.41) is 0. The molecule has 0 bridgehead atoms. The molecule has 1 rings (SSSR count). The highest BCUT2D eigenvalue weighted by atomic mass is 32.3. The standard InChI is InChI=1S/C8H7FO3S/c9-13(11,12)6-8-4-2-1-3-7(8)5-10/h1-5H,6H2. The molecular weight excluding hydrogens is 195 g/mol. The molecule has 0 heterocycles. The molecule has 0 fully saturated rings. The van der Waals surface area contributed by atoms with Crippen LogP contribution < -0.4 is 0 Å². The van der Waals surface area contributed by atoms with Crippen molar-refractivity contribution in [3.8, 4) is 0 Å². The molecule has 0 amide bonds. The summed E-state index contributed by atoms with van der Waals surface area (Å²) >= 11 is 0. The molecule has 0 aromatic heterocycles. The van der Waals surface area contributed by atoms with Gasteiger partial charge in [-0.2, -0.15) is 8.42 Å². The van der Waals surface area contributed by atoms with E-state index in [4.69, 9.17) is 0 Å². The number of benzene rings is 1. The van der Waals surface area contributed by atoms with Gasteiger partial charge in [0.05, 0.1) is 0 Å². The molecule has 0 radical (unpaired) electrons. The summed E-state index contributed by atoms with van der Waals surface area (Å²) in [7, 11) is -4.57. The van der Waals surface area contributed by atoms with Gasteiger partial charge in [-0.25, -0.2) is 0 Å².